The lowest BCUT2D eigenvalue weighted by Gasteiger charge is -2.03. The van der Waals surface area contributed by atoms with Gasteiger partial charge in [-0.3, -0.25) is 0 Å². The molecular weight excluding hydrogens is 362 g/mol. The van der Waals surface area contributed by atoms with Gasteiger partial charge in [-0.2, -0.15) is 0 Å². The van der Waals surface area contributed by atoms with Crippen LogP contribution in [0.1, 0.15) is 148 Å². The summed E-state index contributed by atoms with van der Waals surface area (Å²) in [5.41, 5.74) is 7.80. The second kappa shape index (κ2) is 24.3. The number of unbranched alkanes of at least 4 members (excludes halogenated alkanes) is 17. The van der Waals surface area contributed by atoms with E-state index < -0.39 is 0 Å². The first kappa shape index (κ1) is 29.0. The van der Waals surface area contributed by atoms with Gasteiger partial charge in [0.15, 0.2) is 0 Å². The van der Waals surface area contributed by atoms with Crippen molar-refractivity contribution in [2.45, 2.75) is 149 Å². The molecule has 0 atom stereocenters. The van der Waals surface area contributed by atoms with Crippen LogP contribution in [-0.4, -0.2) is 0 Å². The Morgan fingerprint density at radius 2 is 0.733 bits per heavy atom. The maximum atomic E-state index is 5.56. The molecule has 0 unspecified atom stereocenters. The van der Waals surface area contributed by atoms with Crippen LogP contribution in [0.3, 0.4) is 0 Å². The summed E-state index contributed by atoms with van der Waals surface area (Å²) in [7, 11) is 0. The van der Waals surface area contributed by atoms with Gasteiger partial charge in [-0.25, -0.2) is 0 Å². The molecule has 176 valence electrons. The molecule has 0 radical (unpaired) electrons. The molecule has 2 N–H and O–H groups in total. The summed E-state index contributed by atoms with van der Waals surface area (Å²) in [6.45, 7) is 6.80. The van der Waals surface area contributed by atoms with E-state index in [9.17, 15) is 0 Å². The van der Waals surface area contributed by atoms with Gasteiger partial charge >= 0.3 is 0 Å². The van der Waals surface area contributed by atoms with Crippen molar-refractivity contribution in [1.29, 1.82) is 0 Å². The number of hydrogen-bond acceptors (Lipinski definition) is 1. The van der Waals surface area contributed by atoms with Gasteiger partial charge in [-0.15, -0.1) is 0 Å². The van der Waals surface area contributed by atoms with Crippen molar-refractivity contribution in [2.75, 3.05) is 5.73 Å². The van der Waals surface area contributed by atoms with Crippen molar-refractivity contribution in [1.82, 2.24) is 0 Å². The molecule has 1 aromatic rings. The fourth-order valence-electron chi connectivity index (χ4n) is 3.86. The Labute approximate surface area is 190 Å². The van der Waals surface area contributed by atoms with Gasteiger partial charge in [-0.1, -0.05) is 148 Å². The lowest BCUT2D eigenvalue weighted by Crippen LogP contribution is -1.87. The van der Waals surface area contributed by atoms with Gasteiger partial charge in [0.25, 0.3) is 0 Å². The van der Waals surface area contributed by atoms with Crippen LogP contribution >= 0.6 is 0 Å². The number of nitrogens with two attached hydrogens (primary N) is 1. The van der Waals surface area contributed by atoms with E-state index in [4.69, 9.17) is 5.73 Å². The minimum absolute atomic E-state index is 0.852. The molecule has 0 saturated heterocycles. The van der Waals surface area contributed by atoms with E-state index in [0.717, 1.165) is 5.69 Å². The van der Waals surface area contributed by atoms with Crippen LogP contribution in [0.15, 0.2) is 24.3 Å². The third kappa shape index (κ3) is 21.7. The van der Waals surface area contributed by atoms with E-state index in [2.05, 4.69) is 32.9 Å². The molecule has 0 aliphatic carbocycles. The summed E-state index contributed by atoms with van der Waals surface area (Å²) in [5.74, 6) is 0. The van der Waals surface area contributed by atoms with E-state index in [-0.39, 0.29) is 0 Å². The number of anilines is 1. The third-order valence-electron chi connectivity index (χ3n) is 6.01. The minimum atomic E-state index is 0.852. The van der Waals surface area contributed by atoms with E-state index >= 15 is 0 Å². The topological polar surface area (TPSA) is 26.0 Å². The molecule has 1 rings (SSSR count). The van der Waals surface area contributed by atoms with Crippen LogP contribution in [0, 0.1) is 0 Å². The minimum Gasteiger partial charge on any atom is -0.399 e. The second-order valence-electron chi connectivity index (χ2n) is 9.15. The Morgan fingerprint density at radius 3 is 1.03 bits per heavy atom. The Morgan fingerprint density at radius 1 is 0.433 bits per heavy atom. The molecule has 1 heteroatoms. The summed E-state index contributed by atoms with van der Waals surface area (Å²) >= 11 is 0. The Bertz CT molecular complexity index is 406. The highest BCUT2D eigenvalue weighted by Gasteiger charge is 1.94. The van der Waals surface area contributed by atoms with Crippen molar-refractivity contribution in [3.8, 4) is 0 Å². The quantitative estimate of drug-likeness (QED) is 0.176. The molecule has 30 heavy (non-hydrogen) atoms. The fourth-order valence-corrected chi connectivity index (χ4v) is 3.86. The zero-order valence-corrected chi connectivity index (χ0v) is 21.0. The van der Waals surface area contributed by atoms with E-state index in [1.165, 1.54) is 134 Å². The smallest absolute Gasteiger partial charge is 0.0314 e. The van der Waals surface area contributed by atoms with E-state index in [1.807, 2.05) is 12.1 Å². The SMILES string of the molecule is CCCCCCCCCCCCCCCCCCC.CCCCc1ccc(N)cc1. The van der Waals surface area contributed by atoms with Gasteiger partial charge in [0.2, 0.25) is 0 Å². The van der Waals surface area contributed by atoms with E-state index in [1.54, 1.807) is 0 Å². The maximum Gasteiger partial charge on any atom is 0.0314 e. The lowest BCUT2D eigenvalue weighted by molar-refractivity contribution is 0.529. The van der Waals surface area contributed by atoms with Crippen LogP contribution in [0.5, 0.6) is 0 Å². The molecule has 0 fully saturated rings. The molecule has 0 spiro atoms. The monoisotopic (exact) mass is 417 g/mol. The molecule has 0 aromatic heterocycles. The highest BCUT2D eigenvalue weighted by molar-refractivity contribution is 5.39. The molecule has 0 amide bonds. The summed E-state index contributed by atoms with van der Waals surface area (Å²) in [4.78, 5) is 0. The number of aryl methyl sites for hydroxylation is 1. The van der Waals surface area contributed by atoms with Gasteiger partial charge < -0.3 is 5.73 Å². The van der Waals surface area contributed by atoms with Crippen LogP contribution in [0.25, 0.3) is 0 Å². The van der Waals surface area contributed by atoms with Crippen LogP contribution in [0.2, 0.25) is 0 Å². The molecule has 0 saturated carbocycles. The predicted octanol–water partition coefficient (Wildman–Crippen LogP) is 10.3. The molecule has 0 aliphatic heterocycles. The van der Waals surface area contributed by atoms with Crippen LogP contribution < -0.4 is 5.73 Å². The standard InChI is InChI=1S/C19H40.C10H15N/c1-3-5-7-9-11-13-15-17-19-18-16-14-12-10-8-6-4-2;1-2-3-4-9-5-7-10(11)8-6-9/h3-19H2,1-2H3;5-8H,2-4,11H2,1H3. The van der Waals surface area contributed by atoms with Gasteiger partial charge in [0.05, 0.1) is 0 Å². The number of nitrogen functional groups attached to an aromatic ring is 1. The highest BCUT2D eigenvalue weighted by atomic mass is 14.5. The molecule has 0 heterocycles. The molecule has 1 nitrogen and oxygen atoms in total. The molecule has 0 bridgehead atoms. The van der Waals surface area contributed by atoms with Crippen molar-refractivity contribution >= 4 is 5.69 Å². The zero-order chi connectivity index (χ0) is 22.1. The van der Waals surface area contributed by atoms with Crippen molar-refractivity contribution < 1.29 is 0 Å². The van der Waals surface area contributed by atoms with Gasteiger partial charge in [-0.05, 0) is 30.5 Å². The Hall–Kier alpha value is -0.980. The molecule has 1 aromatic carbocycles. The van der Waals surface area contributed by atoms with Crippen LogP contribution in [0.4, 0.5) is 5.69 Å². The number of benzene rings is 1. The zero-order valence-electron chi connectivity index (χ0n) is 21.0. The van der Waals surface area contributed by atoms with Gasteiger partial charge in [0.1, 0.15) is 0 Å². The first-order chi connectivity index (χ1) is 14.7. The lowest BCUT2D eigenvalue weighted by atomic mass is 10.0. The summed E-state index contributed by atoms with van der Waals surface area (Å²) in [6, 6.07) is 8.13. The average Bonchev–Trinajstić information content (AvgIpc) is 2.76. The van der Waals surface area contributed by atoms with Crippen LogP contribution in [-0.2, 0) is 6.42 Å². The van der Waals surface area contributed by atoms with Crippen molar-refractivity contribution in [3.05, 3.63) is 29.8 Å². The van der Waals surface area contributed by atoms with E-state index in [0.29, 0.717) is 0 Å². The largest absolute Gasteiger partial charge is 0.399 e. The second-order valence-corrected chi connectivity index (χ2v) is 9.15. The Kier molecular flexibility index (Phi) is 23.5. The average molecular weight is 418 g/mol. The normalized spacial score (nSPS) is 10.6. The van der Waals surface area contributed by atoms with Crippen molar-refractivity contribution in [3.63, 3.8) is 0 Å². The molecular formula is C29H55N. The maximum absolute atomic E-state index is 5.56. The summed E-state index contributed by atoms with van der Waals surface area (Å²) in [5, 5.41) is 0. The summed E-state index contributed by atoms with van der Waals surface area (Å²) in [6.07, 6.45) is 28.6. The first-order valence-corrected chi connectivity index (χ1v) is 13.6. The first-order valence-electron chi connectivity index (χ1n) is 13.6. The van der Waals surface area contributed by atoms with Gasteiger partial charge in [0, 0.05) is 5.69 Å². The number of hydrogen-bond donors (Lipinski definition) is 1. The fraction of sp³-hybridized carbons (Fsp3) is 0.793. The highest BCUT2D eigenvalue weighted by Crippen LogP contribution is 2.14. The third-order valence-corrected chi connectivity index (χ3v) is 6.01. The molecule has 0 aliphatic rings. The van der Waals surface area contributed by atoms with Crippen molar-refractivity contribution in [2.24, 2.45) is 0 Å². The number of rotatable bonds is 19. The summed E-state index contributed by atoms with van der Waals surface area (Å²) < 4.78 is 0. The predicted molar refractivity (Wildman–Crippen MR) is 139 cm³/mol. The Balaban J connectivity index is 0.000000642.